The van der Waals surface area contributed by atoms with Crippen molar-refractivity contribution in [2.45, 2.75) is 58.5 Å². The Balaban J connectivity index is 1.55. The minimum absolute atomic E-state index is 0.321. The summed E-state index contributed by atoms with van der Waals surface area (Å²) in [6.07, 6.45) is 9.04. The molecule has 30 heavy (non-hydrogen) atoms. The number of benzene rings is 2. The molecule has 0 aliphatic heterocycles. The summed E-state index contributed by atoms with van der Waals surface area (Å²) in [5.41, 5.74) is 2.25. The number of hydrogen-bond acceptors (Lipinski definition) is 4. The van der Waals surface area contributed by atoms with Gasteiger partial charge in [-0.2, -0.15) is 5.10 Å². The fraction of sp³-hybridized carbons (Fsp3) is 0.417. The number of hydrogen-bond donors (Lipinski definition) is 1. The molecule has 0 saturated heterocycles. The van der Waals surface area contributed by atoms with E-state index in [1.807, 2.05) is 41.0 Å². The first-order chi connectivity index (χ1) is 14.7. The number of methoxy groups -OCH3 is 1. The van der Waals surface area contributed by atoms with Gasteiger partial charge in [-0.1, -0.05) is 57.2 Å². The SMILES string of the molecule is CCCCCCCCc1ccc(OCc2n[nH]c(=S)n2-c2cccc(OC)c2)cc1. The van der Waals surface area contributed by atoms with Gasteiger partial charge in [0.05, 0.1) is 12.8 Å². The maximum Gasteiger partial charge on any atom is 0.199 e. The van der Waals surface area contributed by atoms with Gasteiger partial charge >= 0.3 is 0 Å². The zero-order valence-corrected chi connectivity index (χ0v) is 18.7. The highest BCUT2D eigenvalue weighted by Gasteiger charge is 2.10. The molecule has 1 N–H and O–H groups in total. The highest BCUT2D eigenvalue weighted by atomic mass is 32.1. The Morgan fingerprint density at radius 1 is 0.967 bits per heavy atom. The van der Waals surface area contributed by atoms with Crippen molar-refractivity contribution < 1.29 is 9.47 Å². The van der Waals surface area contributed by atoms with Crippen LogP contribution in [0.4, 0.5) is 0 Å². The molecule has 0 fully saturated rings. The summed E-state index contributed by atoms with van der Waals surface area (Å²) >= 11 is 5.40. The van der Waals surface area contributed by atoms with Gasteiger partial charge in [-0.05, 0) is 54.9 Å². The highest BCUT2D eigenvalue weighted by molar-refractivity contribution is 7.71. The third-order valence-electron chi connectivity index (χ3n) is 5.16. The van der Waals surface area contributed by atoms with Crippen molar-refractivity contribution in [3.63, 3.8) is 0 Å². The van der Waals surface area contributed by atoms with E-state index >= 15 is 0 Å². The second-order valence-corrected chi connectivity index (χ2v) is 7.82. The molecule has 1 heterocycles. The predicted molar refractivity (Wildman–Crippen MR) is 123 cm³/mol. The molecule has 6 heteroatoms. The lowest BCUT2D eigenvalue weighted by Crippen LogP contribution is -2.06. The second kappa shape index (κ2) is 11.6. The molecule has 1 aromatic heterocycles. The Labute approximate surface area is 184 Å². The molecule has 160 valence electrons. The number of aryl methyl sites for hydroxylation is 1. The second-order valence-electron chi connectivity index (χ2n) is 7.43. The first-order valence-electron chi connectivity index (χ1n) is 10.7. The Kier molecular flexibility index (Phi) is 8.51. The van der Waals surface area contributed by atoms with Crippen LogP contribution in [0.3, 0.4) is 0 Å². The molecule has 0 bridgehead atoms. The number of rotatable bonds is 12. The lowest BCUT2D eigenvalue weighted by Gasteiger charge is -2.10. The fourth-order valence-corrected chi connectivity index (χ4v) is 3.71. The van der Waals surface area contributed by atoms with Crippen LogP contribution in [-0.4, -0.2) is 21.9 Å². The van der Waals surface area contributed by atoms with Gasteiger partial charge in [-0.15, -0.1) is 0 Å². The Bertz CT molecular complexity index is 963. The van der Waals surface area contributed by atoms with E-state index in [0.29, 0.717) is 17.2 Å². The lowest BCUT2D eigenvalue weighted by atomic mass is 10.0. The minimum atomic E-state index is 0.321. The molecule has 0 saturated carbocycles. The van der Waals surface area contributed by atoms with E-state index in [1.54, 1.807) is 7.11 Å². The van der Waals surface area contributed by atoms with E-state index in [9.17, 15) is 0 Å². The average Bonchev–Trinajstić information content (AvgIpc) is 3.16. The Morgan fingerprint density at radius 2 is 1.73 bits per heavy atom. The van der Waals surface area contributed by atoms with E-state index in [1.165, 1.54) is 44.1 Å². The van der Waals surface area contributed by atoms with E-state index < -0.39 is 0 Å². The van der Waals surface area contributed by atoms with Crippen molar-refractivity contribution in [1.82, 2.24) is 14.8 Å². The van der Waals surface area contributed by atoms with E-state index in [0.717, 1.165) is 23.6 Å². The number of aromatic amines is 1. The third-order valence-corrected chi connectivity index (χ3v) is 5.44. The van der Waals surface area contributed by atoms with Gasteiger partial charge in [-0.3, -0.25) is 9.67 Å². The van der Waals surface area contributed by atoms with Gasteiger partial charge in [-0.25, -0.2) is 0 Å². The van der Waals surface area contributed by atoms with Crippen molar-refractivity contribution >= 4 is 12.2 Å². The molecule has 0 unspecified atom stereocenters. The molecule has 3 rings (SSSR count). The first-order valence-corrected chi connectivity index (χ1v) is 11.1. The molecule has 0 spiro atoms. The number of unbranched alkanes of at least 4 members (excludes halogenated alkanes) is 5. The summed E-state index contributed by atoms with van der Waals surface area (Å²) in [6, 6.07) is 16.1. The molecular weight excluding hydrogens is 394 g/mol. The maximum atomic E-state index is 5.97. The van der Waals surface area contributed by atoms with Crippen molar-refractivity contribution in [2.24, 2.45) is 0 Å². The van der Waals surface area contributed by atoms with Crippen molar-refractivity contribution in [3.8, 4) is 17.2 Å². The molecule has 0 aliphatic rings. The lowest BCUT2D eigenvalue weighted by molar-refractivity contribution is 0.293. The number of ether oxygens (including phenoxy) is 2. The highest BCUT2D eigenvalue weighted by Crippen LogP contribution is 2.20. The minimum Gasteiger partial charge on any atom is -0.497 e. The van der Waals surface area contributed by atoms with Crippen LogP contribution in [0.1, 0.15) is 56.8 Å². The summed E-state index contributed by atoms with van der Waals surface area (Å²) in [6.45, 7) is 2.57. The summed E-state index contributed by atoms with van der Waals surface area (Å²) in [5, 5.41) is 7.19. The number of aromatic nitrogens is 3. The van der Waals surface area contributed by atoms with Crippen LogP contribution in [0.5, 0.6) is 11.5 Å². The van der Waals surface area contributed by atoms with Crippen molar-refractivity contribution in [3.05, 3.63) is 64.7 Å². The van der Waals surface area contributed by atoms with E-state index in [4.69, 9.17) is 21.7 Å². The molecule has 0 radical (unpaired) electrons. The van der Waals surface area contributed by atoms with Crippen LogP contribution in [0.2, 0.25) is 0 Å². The number of H-pyrrole nitrogens is 1. The molecular formula is C24H31N3O2S. The zero-order chi connectivity index (χ0) is 21.2. The van der Waals surface area contributed by atoms with Crippen LogP contribution < -0.4 is 9.47 Å². The van der Waals surface area contributed by atoms with Gasteiger partial charge in [0, 0.05) is 6.07 Å². The van der Waals surface area contributed by atoms with Crippen LogP contribution in [0.25, 0.3) is 5.69 Å². The zero-order valence-electron chi connectivity index (χ0n) is 17.9. The average molecular weight is 426 g/mol. The molecule has 2 aromatic carbocycles. The smallest absolute Gasteiger partial charge is 0.199 e. The van der Waals surface area contributed by atoms with E-state index in [-0.39, 0.29) is 0 Å². The summed E-state index contributed by atoms with van der Waals surface area (Å²) < 4.78 is 13.7. The van der Waals surface area contributed by atoms with E-state index in [2.05, 4.69) is 29.3 Å². The van der Waals surface area contributed by atoms with Gasteiger partial charge in [0.15, 0.2) is 10.6 Å². The van der Waals surface area contributed by atoms with Crippen molar-refractivity contribution in [1.29, 1.82) is 0 Å². The topological polar surface area (TPSA) is 52.1 Å². The first kappa shape index (κ1) is 22.1. The molecule has 3 aromatic rings. The normalized spacial score (nSPS) is 10.9. The van der Waals surface area contributed by atoms with Crippen LogP contribution in [0.15, 0.2) is 48.5 Å². The summed E-state index contributed by atoms with van der Waals surface area (Å²) in [7, 11) is 1.65. The maximum absolute atomic E-state index is 5.97. The molecule has 0 atom stereocenters. The molecule has 5 nitrogen and oxygen atoms in total. The summed E-state index contributed by atoms with van der Waals surface area (Å²) in [4.78, 5) is 0. The quantitative estimate of drug-likeness (QED) is 0.269. The van der Waals surface area contributed by atoms with Gasteiger partial charge in [0.1, 0.15) is 18.1 Å². The fourth-order valence-electron chi connectivity index (χ4n) is 3.45. The van der Waals surface area contributed by atoms with Gasteiger partial charge in [0.2, 0.25) is 0 Å². The number of nitrogens with zero attached hydrogens (tertiary/aromatic N) is 2. The van der Waals surface area contributed by atoms with Crippen molar-refractivity contribution in [2.75, 3.05) is 7.11 Å². The predicted octanol–water partition coefficient (Wildman–Crippen LogP) is 6.42. The monoisotopic (exact) mass is 425 g/mol. The molecule has 0 amide bonds. The van der Waals surface area contributed by atoms with Crippen LogP contribution in [0, 0.1) is 4.77 Å². The summed E-state index contributed by atoms with van der Waals surface area (Å²) in [5.74, 6) is 2.31. The van der Waals surface area contributed by atoms with Gasteiger partial charge < -0.3 is 9.47 Å². The Morgan fingerprint density at radius 3 is 2.50 bits per heavy atom. The standard InChI is InChI=1S/C24H31N3O2S/c1-3-4-5-6-7-8-10-19-13-15-21(16-14-19)29-18-23-25-26-24(30)27(23)20-11-9-12-22(17-20)28-2/h9,11-17H,3-8,10,18H2,1-2H3,(H,26,30). The third kappa shape index (κ3) is 6.20. The number of nitrogens with one attached hydrogen (secondary N) is 1. The Hall–Kier alpha value is -2.60. The van der Waals surface area contributed by atoms with Gasteiger partial charge in [0.25, 0.3) is 0 Å². The van der Waals surface area contributed by atoms with Crippen LogP contribution >= 0.6 is 12.2 Å². The molecule has 0 aliphatic carbocycles. The largest absolute Gasteiger partial charge is 0.497 e. The van der Waals surface area contributed by atoms with Crippen LogP contribution in [-0.2, 0) is 13.0 Å².